The molecule has 0 aliphatic heterocycles. The van der Waals surface area contributed by atoms with E-state index >= 15 is 0 Å². The molecule has 0 aromatic heterocycles. The number of hydrogen-bond acceptors (Lipinski definition) is 5. The highest BCUT2D eigenvalue weighted by molar-refractivity contribution is 5.33. The van der Waals surface area contributed by atoms with Gasteiger partial charge in [0.25, 0.3) is 5.69 Å². The summed E-state index contributed by atoms with van der Waals surface area (Å²) in [5, 5.41) is 23.5. The highest BCUT2D eigenvalue weighted by atomic mass is 16.6. The Morgan fingerprint density at radius 3 is 2.70 bits per heavy atom. The van der Waals surface area contributed by atoms with E-state index in [1.807, 2.05) is 6.92 Å². The van der Waals surface area contributed by atoms with Crippen molar-refractivity contribution in [3.05, 3.63) is 52.1 Å². The van der Waals surface area contributed by atoms with Crippen LogP contribution in [0.2, 0.25) is 0 Å². The fourth-order valence-corrected chi connectivity index (χ4v) is 1.57. The first-order chi connectivity index (χ1) is 9.50. The lowest BCUT2D eigenvalue weighted by atomic mass is 10.1. The summed E-state index contributed by atoms with van der Waals surface area (Å²) in [5.74, 6) is 0. The van der Waals surface area contributed by atoms with Gasteiger partial charge >= 0.3 is 0 Å². The topological polar surface area (TPSA) is 84.6 Å². The minimum Gasteiger partial charge on any atom is -0.387 e. The molecule has 110 valence electrons. The van der Waals surface area contributed by atoms with Crippen molar-refractivity contribution in [1.82, 2.24) is 5.32 Å². The lowest BCUT2D eigenvalue weighted by Crippen LogP contribution is -2.25. The van der Waals surface area contributed by atoms with Gasteiger partial charge in [-0.15, -0.1) is 0 Å². The maximum Gasteiger partial charge on any atom is 0.269 e. The van der Waals surface area contributed by atoms with E-state index in [0.717, 1.165) is 5.57 Å². The summed E-state index contributed by atoms with van der Waals surface area (Å²) in [4.78, 5) is 10.0. The molecule has 0 bridgehead atoms. The number of nitro benzene ring substituents is 1. The summed E-state index contributed by atoms with van der Waals surface area (Å²) in [7, 11) is 0. The summed E-state index contributed by atoms with van der Waals surface area (Å²) in [5.41, 5.74) is 1.63. The normalized spacial score (nSPS) is 12.1. The van der Waals surface area contributed by atoms with Crippen LogP contribution in [0.1, 0.15) is 18.6 Å². The molecule has 0 heterocycles. The monoisotopic (exact) mass is 280 g/mol. The Morgan fingerprint density at radius 2 is 2.15 bits per heavy atom. The summed E-state index contributed by atoms with van der Waals surface area (Å²) in [6.07, 6.45) is -0.697. The molecule has 0 aliphatic rings. The highest BCUT2D eigenvalue weighted by Crippen LogP contribution is 2.17. The Bertz CT molecular complexity index is 445. The van der Waals surface area contributed by atoms with Crippen molar-refractivity contribution in [3.8, 4) is 0 Å². The molecule has 0 fully saturated rings. The van der Waals surface area contributed by atoms with Gasteiger partial charge in [0.05, 0.1) is 24.2 Å². The standard InChI is InChI=1S/C14H20N2O4/c1-11(2)10-20-8-7-15-9-14(17)12-3-5-13(6-4-12)16(18)19/h3-6,14-15,17H,1,7-10H2,2H3. The van der Waals surface area contributed by atoms with Crippen LogP contribution in [-0.4, -0.2) is 36.3 Å². The van der Waals surface area contributed by atoms with Gasteiger partial charge in [-0.3, -0.25) is 10.1 Å². The molecule has 2 N–H and O–H groups in total. The number of ether oxygens (including phenoxy) is 1. The van der Waals surface area contributed by atoms with Crippen molar-refractivity contribution < 1.29 is 14.8 Å². The second-order valence-electron chi connectivity index (χ2n) is 4.58. The van der Waals surface area contributed by atoms with Gasteiger partial charge in [-0.1, -0.05) is 12.2 Å². The second-order valence-corrected chi connectivity index (χ2v) is 4.58. The molecule has 6 heteroatoms. The number of nitro groups is 1. The number of nitrogens with zero attached hydrogens (tertiary/aromatic N) is 1. The number of rotatable bonds is 9. The average Bonchev–Trinajstić information content (AvgIpc) is 2.42. The first-order valence-corrected chi connectivity index (χ1v) is 6.36. The molecule has 1 atom stereocenters. The van der Waals surface area contributed by atoms with E-state index in [1.165, 1.54) is 12.1 Å². The van der Waals surface area contributed by atoms with Crippen LogP contribution in [0.15, 0.2) is 36.4 Å². The van der Waals surface area contributed by atoms with Gasteiger partial charge in [-0.25, -0.2) is 0 Å². The molecule has 1 rings (SSSR count). The van der Waals surface area contributed by atoms with Crippen LogP contribution in [0.5, 0.6) is 0 Å². The summed E-state index contributed by atoms with van der Waals surface area (Å²) in [6.45, 7) is 7.69. The number of aliphatic hydroxyl groups is 1. The minimum atomic E-state index is -0.697. The van der Waals surface area contributed by atoms with Crippen LogP contribution in [-0.2, 0) is 4.74 Å². The fourth-order valence-electron chi connectivity index (χ4n) is 1.57. The molecule has 0 amide bonds. The third kappa shape index (κ3) is 5.92. The second kappa shape index (κ2) is 8.42. The largest absolute Gasteiger partial charge is 0.387 e. The lowest BCUT2D eigenvalue weighted by Gasteiger charge is -2.12. The summed E-state index contributed by atoms with van der Waals surface area (Å²) < 4.78 is 5.31. The Balaban J connectivity index is 2.26. The van der Waals surface area contributed by atoms with E-state index in [4.69, 9.17) is 4.74 Å². The summed E-state index contributed by atoms with van der Waals surface area (Å²) in [6, 6.07) is 5.88. The van der Waals surface area contributed by atoms with E-state index in [2.05, 4.69) is 11.9 Å². The van der Waals surface area contributed by atoms with Crippen molar-refractivity contribution in [2.75, 3.05) is 26.3 Å². The van der Waals surface area contributed by atoms with Gasteiger partial charge in [0.2, 0.25) is 0 Å². The molecule has 0 saturated heterocycles. The molecule has 1 unspecified atom stereocenters. The third-order valence-electron chi connectivity index (χ3n) is 2.60. The number of aliphatic hydroxyl groups excluding tert-OH is 1. The number of benzene rings is 1. The maximum absolute atomic E-state index is 10.5. The van der Waals surface area contributed by atoms with Crippen LogP contribution >= 0.6 is 0 Å². The lowest BCUT2D eigenvalue weighted by molar-refractivity contribution is -0.384. The fraction of sp³-hybridized carbons (Fsp3) is 0.429. The molecule has 1 aromatic rings. The quantitative estimate of drug-likeness (QED) is 0.312. The van der Waals surface area contributed by atoms with Crippen molar-refractivity contribution in [2.24, 2.45) is 0 Å². The number of hydrogen-bond donors (Lipinski definition) is 2. The smallest absolute Gasteiger partial charge is 0.269 e. The highest BCUT2D eigenvalue weighted by Gasteiger charge is 2.09. The summed E-state index contributed by atoms with van der Waals surface area (Å²) >= 11 is 0. The van der Waals surface area contributed by atoms with E-state index in [9.17, 15) is 15.2 Å². The van der Waals surface area contributed by atoms with Gasteiger partial charge in [-0.2, -0.15) is 0 Å². The molecule has 0 saturated carbocycles. The SMILES string of the molecule is C=C(C)COCCNCC(O)c1ccc([N+](=O)[O-])cc1. The van der Waals surface area contributed by atoms with Crippen LogP contribution in [0.25, 0.3) is 0 Å². The molecule has 1 aromatic carbocycles. The molecule has 0 spiro atoms. The molecular weight excluding hydrogens is 260 g/mol. The number of nitrogens with one attached hydrogen (secondary N) is 1. The molecule has 0 aliphatic carbocycles. The van der Waals surface area contributed by atoms with Crippen LogP contribution in [0.4, 0.5) is 5.69 Å². The number of non-ortho nitro benzene ring substituents is 1. The average molecular weight is 280 g/mol. The van der Waals surface area contributed by atoms with Gasteiger partial charge in [0.15, 0.2) is 0 Å². The van der Waals surface area contributed by atoms with E-state index < -0.39 is 11.0 Å². The van der Waals surface area contributed by atoms with Gasteiger partial charge < -0.3 is 15.2 Å². The Kier molecular flexibility index (Phi) is 6.86. The van der Waals surface area contributed by atoms with E-state index in [1.54, 1.807) is 12.1 Å². The van der Waals surface area contributed by atoms with E-state index in [-0.39, 0.29) is 5.69 Å². The van der Waals surface area contributed by atoms with Crippen LogP contribution < -0.4 is 5.32 Å². The maximum atomic E-state index is 10.5. The Labute approximate surface area is 118 Å². The van der Waals surface area contributed by atoms with E-state index in [0.29, 0.717) is 31.9 Å². The third-order valence-corrected chi connectivity index (χ3v) is 2.60. The molecule has 0 radical (unpaired) electrons. The predicted octanol–water partition coefficient (Wildman–Crippen LogP) is 1.81. The Morgan fingerprint density at radius 1 is 1.50 bits per heavy atom. The Hall–Kier alpha value is -1.76. The first-order valence-electron chi connectivity index (χ1n) is 6.36. The van der Waals surface area contributed by atoms with Crippen molar-refractivity contribution in [1.29, 1.82) is 0 Å². The predicted molar refractivity (Wildman–Crippen MR) is 76.6 cm³/mol. The minimum absolute atomic E-state index is 0.0158. The molecule has 20 heavy (non-hydrogen) atoms. The molecular formula is C14H20N2O4. The van der Waals surface area contributed by atoms with Crippen molar-refractivity contribution >= 4 is 5.69 Å². The zero-order chi connectivity index (χ0) is 15.0. The zero-order valence-electron chi connectivity index (χ0n) is 11.5. The molecule has 6 nitrogen and oxygen atoms in total. The van der Waals surface area contributed by atoms with Gasteiger partial charge in [0, 0.05) is 25.2 Å². The van der Waals surface area contributed by atoms with Gasteiger partial charge in [0.1, 0.15) is 0 Å². The van der Waals surface area contributed by atoms with Crippen molar-refractivity contribution in [3.63, 3.8) is 0 Å². The zero-order valence-corrected chi connectivity index (χ0v) is 11.5. The van der Waals surface area contributed by atoms with Crippen LogP contribution in [0.3, 0.4) is 0 Å². The van der Waals surface area contributed by atoms with Crippen LogP contribution in [0, 0.1) is 10.1 Å². The van der Waals surface area contributed by atoms with Gasteiger partial charge in [-0.05, 0) is 24.6 Å². The van der Waals surface area contributed by atoms with Crippen molar-refractivity contribution in [2.45, 2.75) is 13.0 Å². The first kappa shape index (κ1) is 16.3.